The molecule has 10 heteroatoms. The minimum atomic E-state index is -0.548. The molecule has 2 amide bonds. The summed E-state index contributed by atoms with van der Waals surface area (Å²) in [6.07, 6.45) is 0.235. The van der Waals surface area contributed by atoms with E-state index < -0.39 is 11.5 Å². The summed E-state index contributed by atoms with van der Waals surface area (Å²) in [7, 11) is 0. The van der Waals surface area contributed by atoms with Gasteiger partial charge in [0.2, 0.25) is 0 Å². The number of halogens is 2. The largest absolute Gasteiger partial charge is 0.444 e. The fourth-order valence-electron chi connectivity index (χ4n) is 2.47. The fourth-order valence-corrected chi connectivity index (χ4v) is 3.82. The second-order valence-electron chi connectivity index (χ2n) is 6.96. The van der Waals surface area contributed by atoms with Crippen LogP contribution in [0.15, 0.2) is 12.1 Å². The first-order valence-corrected chi connectivity index (χ1v) is 9.79. The number of carbonyl (C=O) groups excluding carboxylic acids is 2. The predicted molar refractivity (Wildman–Crippen MR) is 105 cm³/mol. The van der Waals surface area contributed by atoms with E-state index in [2.05, 4.69) is 15.3 Å². The average Bonchev–Trinajstić information content (AvgIpc) is 2.96. The Labute approximate surface area is 170 Å². The van der Waals surface area contributed by atoms with Crippen LogP contribution in [-0.2, 0) is 17.7 Å². The van der Waals surface area contributed by atoms with Gasteiger partial charge in [-0.05, 0) is 32.9 Å². The smallest absolute Gasteiger partial charge is 0.410 e. The van der Waals surface area contributed by atoms with Crippen LogP contribution in [0.25, 0.3) is 0 Å². The van der Waals surface area contributed by atoms with E-state index >= 15 is 0 Å². The highest BCUT2D eigenvalue weighted by Gasteiger charge is 2.28. The van der Waals surface area contributed by atoms with Crippen LogP contribution in [-0.4, -0.2) is 39.0 Å². The summed E-state index contributed by atoms with van der Waals surface area (Å²) in [5.74, 6) is -0.488. The van der Waals surface area contributed by atoms with Gasteiger partial charge in [0, 0.05) is 17.8 Å². The van der Waals surface area contributed by atoms with Crippen molar-refractivity contribution in [3.63, 3.8) is 0 Å². The molecule has 0 aliphatic carbocycles. The zero-order valence-corrected chi connectivity index (χ0v) is 17.3. The summed E-state index contributed by atoms with van der Waals surface area (Å²) in [5, 5.41) is 3.50. The number of anilines is 1. The lowest BCUT2D eigenvalue weighted by Gasteiger charge is -2.29. The molecular formula is C17H18Cl2N4O3S. The van der Waals surface area contributed by atoms with Gasteiger partial charge in [0.1, 0.15) is 16.4 Å². The molecule has 144 valence electrons. The van der Waals surface area contributed by atoms with Crippen molar-refractivity contribution < 1.29 is 14.3 Å². The Kier molecular flexibility index (Phi) is 5.60. The molecule has 0 spiro atoms. The number of carbonyl (C=O) groups is 2. The Bertz CT molecular complexity index is 895. The molecule has 0 radical (unpaired) electrons. The maximum atomic E-state index is 12.4. The number of pyridine rings is 1. The van der Waals surface area contributed by atoms with Gasteiger partial charge in [0.05, 0.1) is 17.3 Å². The SMILES string of the molecule is CC(C)(C)OC(=O)N1CCc2nc(NC(=O)c3nc(Cl)ccc3Cl)sc2C1. The molecule has 0 saturated carbocycles. The van der Waals surface area contributed by atoms with Gasteiger partial charge in [-0.15, -0.1) is 0 Å². The molecule has 1 aliphatic heterocycles. The molecule has 2 aromatic heterocycles. The van der Waals surface area contributed by atoms with E-state index in [1.807, 2.05) is 20.8 Å². The maximum absolute atomic E-state index is 12.4. The van der Waals surface area contributed by atoms with E-state index in [9.17, 15) is 9.59 Å². The number of ether oxygens (including phenoxy) is 1. The van der Waals surface area contributed by atoms with E-state index in [0.717, 1.165) is 10.6 Å². The number of hydrogen-bond donors (Lipinski definition) is 1. The number of fused-ring (bicyclic) bond motifs is 1. The van der Waals surface area contributed by atoms with Crippen LogP contribution in [0.4, 0.5) is 9.93 Å². The quantitative estimate of drug-likeness (QED) is 0.716. The Morgan fingerprint density at radius 1 is 1.26 bits per heavy atom. The van der Waals surface area contributed by atoms with Crippen molar-refractivity contribution in [3.8, 4) is 0 Å². The van der Waals surface area contributed by atoms with E-state index in [0.29, 0.717) is 24.6 Å². The molecule has 3 heterocycles. The minimum Gasteiger partial charge on any atom is -0.444 e. The predicted octanol–water partition coefficient (Wildman–Crippen LogP) is 4.39. The maximum Gasteiger partial charge on any atom is 0.410 e. The van der Waals surface area contributed by atoms with Gasteiger partial charge in [-0.1, -0.05) is 34.5 Å². The van der Waals surface area contributed by atoms with E-state index in [1.54, 1.807) is 4.90 Å². The summed E-state index contributed by atoms with van der Waals surface area (Å²) in [6.45, 7) is 6.40. The number of rotatable bonds is 2. The number of thiazole rings is 1. The lowest BCUT2D eigenvalue weighted by molar-refractivity contribution is 0.0225. The first-order chi connectivity index (χ1) is 12.6. The van der Waals surface area contributed by atoms with Crippen molar-refractivity contribution in [2.45, 2.75) is 39.3 Å². The number of hydrogen-bond acceptors (Lipinski definition) is 6. The summed E-state index contributed by atoms with van der Waals surface area (Å²) >= 11 is 13.1. The topological polar surface area (TPSA) is 84.4 Å². The lowest BCUT2D eigenvalue weighted by atomic mass is 10.2. The van der Waals surface area contributed by atoms with Crippen molar-refractivity contribution in [2.24, 2.45) is 0 Å². The van der Waals surface area contributed by atoms with Crippen LogP contribution < -0.4 is 5.32 Å². The minimum absolute atomic E-state index is 0.0349. The molecule has 0 aromatic carbocycles. The first kappa shape index (κ1) is 19.9. The van der Waals surface area contributed by atoms with Crippen LogP contribution in [0.2, 0.25) is 10.2 Å². The summed E-state index contributed by atoms with van der Waals surface area (Å²) in [5.41, 5.74) is 0.348. The molecule has 1 N–H and O–H groups in total. The van der Waals surface area contributed by atoms with Crippen LogP contribution >= 0.6 is 34.5 Å². The van der Waals surface area contributed by atoms with E-state index in [-0.39, 0.29) is 22.0 Å². The summed E-state index contributed by atoms with van der Waals surface area (Å²) in [6, 6.07) is 3.02. The first-order valence-electron chi connectivity index (χ1n) is 8.22. The molecule has 0 unspecified atom stereocenters. The van der Waals surface area contributed by atoms with Gasteiger partial charge in [-0.2, -0.15) is 0 Å². The van der Waals surface area contributed by atoms with E-state index in [1.165, 1.54) is 23.5 Å². The summed E-state index contributed by atoms with van der Waals surface area (Å²) < 4.78 is 5.41. The van der Waals surface area contributed by atoms with Crippen molar-refractivity contribution in [3.05, 3.63) is 38.6 Å². The monoisotopic (exact) mass is 428 g/mol. The highest BCUT2D eigenvalue weighted by atomic mass is 35.5. The van der Waals surface area contributed by atoms with Gasteiger partial charge in [0.15, 0.2) is 5.13 Å². The number of nitrogens with zero attached hydrogens (tertiary/aromatic N) is 3. The Balaban J connectivity index is 1.70. The van der Waals surface area contributed by atoms with Crippen LogP contribution in [0, 0.1) is 0 Å². The van der Waals surface area contributed by atoms with Crippen LogP contribution in [0.3, 0.4) is 0 Å². The average molecular weight is 429 g/mol. The molecule has 1 aliphatic rings. The second kappa shape index (κ2) is 7.61. The number of amides is 2. The van der Waals surface area contributed by atoms with Crippen molar-refractivity contribution in [1.82, 2.24) is 14.9 Å². The molecule has 3 rings (SSSR count). The van der Waals surface area contributed by atoms with E-state index in [4.69, 9.17) is 27.9 Å². The van der Waals surface area contributed by atoms with Crippen molar-refractivity contribution in [2.75, 3.05) is 11.9 Å². The summed E-state index contributed by atoms with van der Waals surface area (Å²) in [4.78, 5) is 35.6. The van der Waals surface area contributed by atoms with Gasteiger partial charge < -0.3 is 9.64 Å². The highest BCUT2D eigenvalue weighted by Crippen LogP contribution is 2.29. The lowest BCUT2D eigenvalue weighted by Crippen LogP contribution is -2.39. The van der Waals surface area contributed by atoms with Gasteiger partial charge in [-0.3, -0.25) is 10.1 Å². The third kappa shape index (κ3) is 4.88. The number of aromatic nitrogens is 2. The standard InChI is InChI=1S/C17H18Cl2N4O3S/c1-17(2,3)26-16(25)23-7-6-10-11(8-23)27-15(20-10)22-14(24)13-9(18)4-5-12(19)21-13/h4-5H,6-8H2,1-3H3,(H,20,22,24). The molecule has 27 heavy (non-hydrogen) atoms. The Morgan fingerprint density at radius 2 is 2.00 bits per heavy atom. The molecule has 0 atom stereocenters. The van der Waals surface area contributed by atoms with Crippen molar-refractivity contribution in [1.29, 1.82) is 0 Å². The Morgan fingerprint density at radius 3 is 2.70 bits per heavy atom. The number of nitrogens with one attached hydrogen (secondary N) is 1. The zero-order chi connectivity index (χ0) is 19.8. The zero-order valence-electron chi connectivity index (χ0n) is 15.0. The third-order valence-electron chi connectivity index (χ3n) is 3.63. The van der Waals surface area contributed by atoms with Gasteiger partial charge in [-0.25, -0.2) is 14.8 Å². The molecule has 0 bridgehead atoms. The second-order valence-corrected chi connectivity index (χ2v) is 8.84. The van der Waals surface area contributed by atoms with Crippen LogP contribution in [0.1, 0.15) is 41.8 Å². The van der Waals surface area contributed by atoms with Gasteiger partial charge >= 0.3 is 6.09 Å². The van der Waals surface area contributed by atoms with Crippen molar-refractivity contribution >= 4 is 51.7 Å². The fraction of sp³-hybridized carbons (Fsp3) is 0.412. The normalized spacial score (nSPS) is 13.9. The van der Waals surface area contributed by atoms with Crippen LogP contribution in [0.5, 0.6) is 0 Å². The molecule has 0 fully saturated rings. The molecule has 0 saturated heterocycles. The molecule has 7 nitrogen and oxygen atoms in total. The molecule has 2 aromatic rings. The third-order valence-corrected chi connectivity index (χ3v) is 5.14. The Hall–Kier alpha value is -1.90. The highest BCUT2D eigenvalue weighted by molar-refractivity contribution is 7.15. The van der Waals surface area contributed by atoms with Gasteiger partial charge in [0.25, 0.3) is 5.91 Å². The molecular weight excluding hydrogens is 411 g/mol.